The molecule has 0 saturated heterocycles. The fourth-order valence-corrected chi connectivity index (χ4v) is 1.25. The molecule has 1 rings (SSSR count). The van der Waals surface area contributed by atoms with Crippen molar-refractivity contribution in [3.05, 3.63) is 12.3 Å². The van der Waals surface area contributed by atoms with E-state index in [1.807, 2.05) is 0 Å². The number of hydrogen-bond donors (Lipinski definition) is 2. The van der Waals surface area contributed by atoms with E-state index in [2.05, 4.69) is 5.48 Å². The van der Waals surface area contributed by atoms with Crippen molar-refractivity contribution >= 4 is 5.97 Å². The van der Waals surface area contributed by atoms with Crippen molar-refractivity contribution < 1.29 is 14.7 Å². The summed E-state index contributed by atoms with van der Waals surface area (Å²) in [7, 11) is 0. The first kappa shape index (κ1) is 9.06. The van der Waals surface area contributed by atoms with Crippen LogP contribution in [0.2, 0.25) is 0 Å². The van der Waals surface area contributed by atoms with E-state index in [1.54, 1.807) is 0 Å². The highest BCUT2D eigenvalue weighted by molar-refractivity contribution is 5.79. The maximum absolute atomic E-state index is 10.0. The van der Waals surface area contributed by atoms with Crippen LogP contribution in [0.5, 0.6) is 0 Å². The number of hydroxylamine groups is 1. The quantitative estimate of drug-likeness (QED) is 0.490. The molecule has 0 amide bonds. The van der Waals surface area contributed by atoms with Gasteiger partial charge in [0.25, 0.3) is 0 Å². The maximum Gasteiger partial charge on any atom is 0.329 e. The highest BCUT2D eigenvalue weighted by Gasteiger charge is 2.14. The van der Waals surface area contributed by atoms with Gasteiger partial charge in [-0.05, 0) is 12.8 Å². The van der Waals surface area contributed by atoms with Crippen molar-refractivity contribution in [3.63, 3.8) is 0 Å². The van der Waals surface area contributed by atoms with Crippen molar-refractivity contribution in [2.45, 2.75) is 31.8 Å². The van der Waals surface area contributed by atoms with Crippen molar-refractivity contribution in [1.29, 1.82) is 0 Å². The summed E-state index contributed by atoms with van der Waals surface area (Å²) in [5.74, 6) is -0.975. The Hall–Kier alpha value is -1.03. The SMILES string of the molecule is O=C(O)/C=C/NOC1CCCC1. The third kappa shape index (κ3) is 3.39. The second kappa shape index (κ2) is 4.77. The van der Waals surface area contributed by atoms with Crippen LogP contribution in [0.25, 0.3) is 0 Å². The molecule has 68 valence electrons. The van der Waals surface area contributed by atoms with Gasteiger partial charge in [-0.1, -0.05) is 12.8 Å². The Balaban J connectivity index is 2.05. The lowest BCUT2D eigenvalue weighted by molar-refractivity contribution is -0.131. The Bertz CT molecular complexity index is 173. The van der Waals surface area contributed by atoms with Crippen LogP contribution in [0.1, 0.15) is 25.7 Å². The summed E-state index contributed by atoms with van der Waals surface area (Å²) < 4.78 is 0. The maximum atomic E-state index is 10.0. The molecule has 1 aliphatic carbocycles. The van der Waals surface area contributed by atoms with Crippen molar-refractivity contribution in [3.8, 4) is 0 Å². The van der Waals surface area contributed by atoms with Gasteiger partial charge in [-0.25, -0.2) is 4.79 Å². The van der Waals surface area contributed by atoms with E-state index >= 15 is 0 Å². The van der Waals surface area contributed by atoms with Gasteiger partial charge in [-0.15, -0.1) is 0 Å². The van der Waals surface area contributed by atoms with Crippen LogP contribution in [0.15, 0.2) is 12.3 Å². The summed E-state index contributed by atoms with van der Waals surface area (Å²) in [6.45, 7) is 0. The van der Waals surface area contributed by atoms with E-state index in [1.165, 1.54) is 19.0 Å². The fraction of sp³-hybridized carbons (Fsp3) is 0.625. The van der Waals surface area contributed by atoms with Crippen LogP contribution in [-0.4, -0.2) is 17.2 Å². The van der Waals surface area contributed by atoms with Crippen LogP contribution < -0.4 is 5.48 Å². The van der Waals surface area contributed by atoms with Gasteiger partial charge in [0.05, 0.1) is 6.10 Å². The van der Waals surface area contributed by atoms with Crippen LogP contribution in [0.3, 0.4) is 0 Å². The van der Waals surface area contributed by atoms with Gasteiger partial charge in [0.1, 0.15) is 0 Å². The first-order valence-corrected chi connectivity index (χ1v) is 4.09. The molecule has 0 aliphatic heterocycles. The van der Waals surface area contributed by atoms with Gasteiger partial charge in [-0.3, -0.25) is 10.3 Å². The summed E-state index contributed by atoms with van der Waals surface area (Å²) in [6, 6.07) is 0. The van der Waals surface area contributed by atoms with Crippen molar-refractivity contribution in [2.75, 3.05) is 0 Å². The molecule has 1 aliphatic rings. The smallest absolute Gasteiger partial charge is 0.329 e. The second-order valence-corrected chi connectivity index (χ2v) is 2.81. The molecule has 0 aromatic heterocycles. The minimum absolute atomic E-state index is 0.253. The lowest BCUT2D eigenvalue weighted by Crippen LogP contribution is -2.16. The predicted octanol–water partition coefficient (Wildman–Crippen LogP) is 1.05. The van der Waals surface area contributed by atoms with Gasteiger partial charge in [0.2, 0.25) is 0 Å². The lowest BCUT2D eigenvalue weighted by atomic mass is 10.3. The molecule has 0 unspecified atom stereocenters. The molecule has 0 aromatic carbocycles. The van der Waals surface area contributed by atoms with E-state index in [9.17, 15) is 4.79 Å². The summed E-state index contributed by atoms with van der Waals surface area (Å²) >= 11 is 0. The minimum atomic E-state index is -0.975. The molecule has 0 radical (unpaired) electrons. The van der Waals surface area contributed by atoms with Crippen LogP contribution >= 0.6 is 0 Å². The van der Waals surface area contributed by atoms with E-state index in [0.29, 0.717) is 0 Å². The van der Waals surface area contributed by atoms with Crippen LogP contribution in [-0.2, 0) is 9.63 Å². The zero-order valence-corrected chi connectivity index (χ0v) is 6.82. The first-order chi connectivity index (χ1) is 5.79. The minimum Gasteiger partial charge on any atom is -0.478 e. The molecule has 4 heteroatoms. The average molecular weight is 171 g/mol. The van der Waals surface area contributed by atoms with Gasteiger partial charge in [0, 0.05) is 12.3 Å². The summed E-state index contributed by atoms with van der Waals surface area (Å²) in [5.41, 5.74) is 2.50. The molecule has 0 spiro atoms. The Kier molecular flexibility index (Phi) is 3.60. The number of aliphatic carboxylic acids is 1. The number of rotatable bonds is 4. The van der Waals surface area contributed by atoms with Crippen molar-refractivity contribution in [2.24, 2.45) is 0 Å². The van der Waals surface area contributed by atoms with E-state index in [-0.39, 0.29) is 6.10 Å². The first-order valence-electron chi connectivity index (χ1n) is 4.09. The third-order valence-electron chi connectivity index (χ3n) is 1.83. The topological polar surface area (TPSA) is 58.6 Å². The zero-order valence-electron chi connectivity index (χ0n) is 6.82. The number of carboxylic acid groups (broad SMARTS) is 1. The van der Waals surface area contributed by atoms with Crippen LogP contribution in [0.4, 0.5) is 0 Å². The number of nitrogens with one attached hydrogen (secondary N) is 1. The number of hydrogen-bond acceptors (Lipinski definition) is 3. The Morgan fingerprint density at radius 2 is 2.17 bits per heavy atom. The zero-order chi connectivity index (χ0) is 8.81. The molecular formula is C8H13NO3. The fourth-order valence-electron chi connectivity index (χ4n) is 1.25. The molecule has 1 fully saturated rings. The lowest BCUT2D eigenvalue weighted by Gasteiger charge is -2.08. The largest absolute Gasteiger partial charge is 0.478 e. The molecular weight excluding hydrogens is 158 g/mol. The molecule has 4 nitrogen and oxygen atoms in total. The molecule has 12 heavy (non-hydrogen) atoms. The van der Waals surface area contributed by atoms with E-state index in [0.717, 1.165) is 18.9 Å². The standard InChI is InChI=1S/C8H13NO3/c10-8(11)5-6-9-12-7-3-1-2-4-7/h5-7,9H,1-4H2,(H,10,11)/b6-5+. The summed E-state index contributed by atoms with van der Waals surface area (Å²) in [6.07, 6.45) is 7.09. The molecule has 0 bridgehead atoms. The Morgan fingerprint density at radius 1 is 1.50 bits per heavy atom. The second-order valence-electron chi connectivity index (χ2n) is 2.81. The van der Waals surface area contributed by atoms with Gasteiger partial charge in [-0.2, -0.15) is 0 Å². The molecule has 0 aromatic rings. The Labute approximate surface area is 71.2 Å². The summed E-state index contributed by atoms with van der Waals surface area (Å²) in [5, 5.41) is 8.22. The monoisotopic (exact) mass is 171 g/mol. The average Bonchev–Trinajstić information content (AvgIpc) is 2.49. The van der Waals surface area contributed by atoms with Gasteiger partial charge in [0.15, 0.2) is 0 Å². The highest BCUT2D eigenvalue weighted by atomic mass is 16.7. The van der Waals surface area contributed by atoms with Gasteiger partial charge < -0.3 is 5.11 Å². The highest BCUT2D eigenvalue weighted by Crippen LogP contribution is 2.19. The molecule has 0 atom stereocenters. The predicted molar refractivity (Wildman–Crippen MR) is 43.3 cm³/mol. The number of carboxylic acids is 1. The summed E-state index contributed by atoms with van der Waals surface area (Å²) in [4.78, 5) is 15.2. The van der Waals surface area contributed by atoms with E-state index < -0.39 is 5.97 Å². The number of carbonyl (C=O) groups is 1. The van der Waals surface area contributed by atoms with Crippen molar-refractivity contribution in [1.82, 2.24) is 5.48 Å². The molecule has 1 saturated carbocycles. The molecule has 2 N–H and O–H groups in total. The Morgan fingerprint density at radius 3 is 2.75 bits per heavy atom. The van der Waals surface area contributed by atoms with Crippen LogP contribution in [0, 0.1) is 0 Å². The normalized spacial score (nSPS) is 18.7. The van der Waals surface area contributed by atoms with E-state index in [4.69, 9.17) is 9.94 Å². The third-order valence-corrected chi connectivity index (χ3v) is 1.83. The van der Waals surface area contributed by atoms with Gasteiger partial charge >= 0.3 is 5.97 Å². The molecule has 0 heterocycles.